The first kappa shape index (κ1) is 15.1. The van der Waals surface area contributed by atoms with Gasteiger partial charge in [0.25, 0.3) is 0 Å². The van der Waals surface area contributed by atoms with E-state index >= 15 is 0 Å². The van der Waals surface area contributed by atoms with Gasteiger partial charge in [-0.15, -0.1) is 0 Å². The SMILES string of the molecule is C[C@@H](NC(=O)[C@H]1CCCC(=O)N1)c1cc(Cl)ccc1Cl. The quantitative estimate of drug-likeness (QED) is 0.901. The molecule has 1 aliphatic rings. The van der Waals surface area contributed by atoms with Crippen LogP contribution in [0.3, 0.4) is 0 Å². The Bertz CT molecular complexity index is 534. The Morgan fingerprint density at radius 1 is 1.45 bits per heavy atom. The maximum Gasteiger partial charge on any atom is 0.243 e. The highest BCUT2D eigenvalue weighted by Crippen LogP contribution is 2.26. The Morgan fingerprint density at radius 2 is 2.20 bits per heavy atom. The molecular weight excluding hydrogens is 299 g/mol. The molecule has 2 atom stereocenters. The monoisotopic (exact) mass is 314 g/mol. The normalized spacial score (nSPS) is 20.1. The van der Waals surface area contributed by atoms with Crippen molar-refractivity contribution in [2.75, 3.05) is 0 Å². The van der Waals surface area contributed by atoms with Crippen LogP contribution in [0.5, 0.6) is 0 Å². The lowest BCUT2D eigenvalue weighted by atomic mass is 10.0. The van der Waals surface area contributed by atoms with Crippen LogP contribution >= 0.6 is 23.2 Å². The zero-order valence-electron chi connectivity index (χ0n) is 11.1. The fraction of sp³-hybridized carbons (Fsp3) is 0.429. The van der Waals surface area contributed by atoms with Crippen molar-refractivity contribution >= 4 is 35.0 Å². The van der Waals surface area contributed by atoms with E-state index < -0.39 is 6.04 Å². The Balaban J connectivity index is 2.03. The summed E-state index contributed by atoms with van der Waals surface area (Å²) in [7, 11) is 0. The number of halogens is 2. The van der Waals surface area contributed by atoms with Crippen molar-refractivity contribution < 1.29 is 9.59 Å². The largest absolute Gasteiger partial charge is 0.348 e. The van der Waals surface area contributed by atoms with Gasteiger partial charge in [0.05, 0.1) is 6.04 Å². The molecule has 1 aromatic rings. The van der Waals surface area contributed by atoms with Crippen molar-refractivity contribution in [1.82, 2.24) is 10.6 Å². The van der Waals surface area contributed by atoms with Crippen LogP contribution in [-0.2, 0) is 9.59 Å². The predicted molar refractivity (Wildman–Crippen MR) is 78.8 cm³/mol. The standard InChI is InChI=1S/C14H16Cl2N2O2/c1-8(10-7-9(15)5-6-11(10)16)17-14(20)12-3-2-4-13(19)18-12/h5-8,12H,2-4H2,1H3,(H,17,20)(H,18,19)/t8-,12-/m1/s1. The lowest BCUT2D eigenvalue weighted by Crippen LogP contribution is -2.49. The van der Waals surface area contributed by atoms with E-state index in [1.54, 1.807) is 18.2 Å². The summed E-state index contributed by atoms with van der Waals surface area (Å²) in [5, 5.41) is 6.66. The summed E-state index contributed by atoms with van der Waals surface area (Å²) in [6.07, 6.45) is 1.88. The number of rotatable bonds is 3. The molecule has 0 unspecified atom stereocenters. The van der Waals surface area contributed by atoms with Gasteiger partial charge in [-0.1, -0.05) is 23.2 Å². The molecular formula is C14H16Cl2N2O2. The predicted octanol–water partition coefficient (Wildman–Crippen LogP) is 2.84. The fourth-order valence-electron chi connectivity index (χ4n) is 2.24. The van der Waals surface area contributed by atoms with Gasteiger partial charge in [0.15, 0.2) is 0 Å². The van der Waals surface area contributed by atoms with Crippen molar-refractivity contribution in [2.24, 2.45) is 0 Å². The molecule has 4 nitrogen and oxygen atoms in total. The smallest absolute Gasteiger partial charge is 0.243 e. The number of carbonyl (C=O) groups is 2. The number of benzene rings is 1. The Morgan fingerprint density at radius 3 is 2.90 bits per heavy atom. The summed E-state index contributed by atoms with van der Waals surface area (Å²) in [4.78, 5) is 23.4. The minimum absolute atomic E-state index is 0.0789. The van der Waals surface area contributed by atoms with Gasteiger partial charge in [-0.3, -0.25) is 9.59 Å². The Hall–Kier alpha value is -1.26. The first-order valence-electron chi connectivity index (χ1n) is 6.52. The second-order valence-corrected chi connectivity index (χ2v) is 5.75. The Kier molecular flexibility index (Phi) is 4.89. The lowest BCUT2D eigenvalue weighted by Gasteiger charge is -2.24. The minimum atomic E-state index is -0.461. The first-order valence-corrected chi connectivity index (χ1v) is 7.27. The third-order valence-corrected chi connectivity index (χ3v) is 3.91. The van der Waals surface area contributed by atoms with Crippen molar-refractivity contribution in [3.8, 4) is 0 Å². The highest BCUT2D eigenvalue weighted by Gasteiger charge is 2.26. The zero-order chi connectivity index (χ0) is 14.7. The highest BCUT2D eigenvalue weighted by molar-refractivity contribution is 6.33. The van der Waals surface area contributed by atoms with Crippen molar-refractivity contribution in [3.05, 3.63) is 33.8 Å². The summed E-state index contributed by atoms with van der Waals surface area (Å²) >= 11 is 12.0. The number of carbonyl (C=O) groups excluding carboxylic acids is 2. The molecule has 1 aliphatic heterocycles. The van der Waals surface area contributed by atoms with Gasteiger partial charge < -0.3 is 10.6 Å². The van der Waals surface area contributed by atoms with Crippen LogP contribution in [0.4, 0.5) is 0 Å². The van der Waals surface area contributed by atoms with E-state index in [0.29, 0.717) is 22.9 Å². The number of hydrogen-bond donors (Lipinski definition) is 2. The zero-order valence-corrected chi connectivity index (χ0v) is 12.6. The van der Waals surface area contributed by atoms with Gasteiger partial charge in [0.1, 0.15) is 6.04 Å². The van der Waals surface area contributed by atoms with Gasteiger partial charge in [-0.25, -0.2) is 0 Å². The van der Waals surface area contributed by atoms with Crippen LogP contribution in [0.1, 0.15) is 37.8 Å². The third-order valence-electron chi connectivity index (χ3n) is 3.33. The van der Waals surface area contributed by atoms with Gasteiger partial charge in [-0.2, -0.15) is 0 Å². The van der Waals surface area contributed by atoms with Gasteiger partial charge in [0.2, 0.25) is 11.8 Å². The number of hydrogen-bond acceptors (Lipinski definition) is 2. The molecule has 0 spiro atoms. The van der Waals surface area contributed by atoms with E-state index in [1.165, 1.54) is 0 Å². The third kappa shape index (κ3) is 3.64. The lowest BCUT2D eigenvalue weighted by molar-refractivity contribution is -0.131. The number of piperidine rings is 1. The topological polar surface area (TPSA) is 58.2 Å². The molecule has 6 heteroatoms. The van der Waals surface area contributed by atoms with E-state index in [9.17, 15) is 9.59 Å². The first-order chi connectivity index (χ1) is 9.47. The molecule has 1 heterocycles. The minimum Gasteiger partial charge on any atom is -0.348 e. The summed E-state index contributed by atoms with van der Waals surface area (Å²) in [5.41, 5.74) is 0.759. The average Bonchev–Trinajstić information content (AvgIpc) is 2.41. The van der Waals surface area contributed by atoms with Crippen molar-refractivity contribution in [2.45, 2.75) is 38.3 Å². The molecule has 0 radical (unpaired) electrons. The van der Waals surface area contributed by atoms with E-state index in [0.717, 1.165) is 12.0 Å². The molecule has 1 fully saturated rings. The van der Waals surface area contributed by atoms with Crippen LogP contribution in [0.2, 0.25) is 10.0 Å². The summed E-state index contributed by atoms with van der Waals surface area (Å²) in [6, 6.07) is 4.39. The second kappa shape index (κ2) is 6.46. The molecule has 2 rings (SSSR count). The van der Waals surface area contributed by atoms with Gasteiger partial charge >= 0.3 is 0 Å². The molecule has 2 amide bonds. The van der Waals surface area contributed by atoms with Crippen molar-refractivity contribution in [3.63, 3.8) is 0 Å². The van der Waals surface area contributed by atoms with E-state index in [4.69, 9.17) is 23.2 Å². The van der Waals surface area contributed by atoms with Crippen LogP contribution in [0, 0.1) is 0 Å². The maximum absolute atomic E-state index is 12.1. The van der Waals surface area contributed by atoms with E-state index in [2.05, 4.69) is 10.6 Å². The molecule has 20 heavy (non-hydrogen) atoms. The number of amides is 2. The Labute approximate surface area is 127 Å². The van der Waals surface area contributed by atoms with Crippen LogP contribution in [0.25, 0.3) is 0 Å². The molecule has 1 aromatic carbocycles. The average molecular weight is 315 g/mol. The maximum atomic E-state index is 12.1. The van der Waals surface area contributed by atoms with Gasteiger partial charge in [0, 0.05) is 16.5 Å². The summed E-state index contributed by atoms with van der Waals surface area (Å²) < 4.78 is 0. The molecule has 108 valence electrons. The van der Waals surface area contributed by atoms with Crippen LogP contribution < -0.4 is 10.6 Å². The molecule has 0 bridgehead atoms. The highest BCUT2D eigenvalue weighted by atomic mass is 35.5. The second-order valence-electron chi connectivity index (χ2n) is 4.91. The van der Waals surface area contributed by atoms with E-state index in [1.807, 2.05) is 6.92 Å². The van der Waals surface area contributed by atoms with Crippen LogP contribution in [0.15, 0.2) is 18.2 Å². The van der Waals surface area contributed by atoms with Gasteiger partial charge in [-0.05, 0) is 43.5 Å². The molecule has 0 saturated carbocycles. The van der Waals surface area contributed by atoms with E-state index in [-0.39, 0.29) is 17.9 Å². The molecule has 0 aromatic heterocycles. The van der Waals surface area contributed by atoms with Crippen molar-refractivity contribution in [1.29, 1.82) is 0 Å². The van der Waals surface area contributed by atoms with Crippen LogP contribution in [-0.4, -0.2) is 17.9 Å². The number of nitrogens with one attached hydrogen (secondary N) is 2. The fourth-order valence-corrected chi connectivity index (χ4v) is 2.70. The molecule has 0 aliphatic carbocycles. The molecule has 1 saturated heterocycles. The molecule has 2 N–H and O–H groups in total. The summed E-state index contributed by atoms with van der Waals surface area (Å²) in [5.74, 6) is -0.272. The summed E-state index contributed by atoms with van der Waals surface area (Å²) in [6.45, 7) is 1.83.